The summed E-state index contributed by atoms with van der Waals surface area (Å²) in [5, 5.41) is 3.21. The molecule has 0 fully saturated rings. The molecule has 2 nitrogen and oxygen atoms in total. The third-order valence-corrected chi connectivity index (χ3v) is 2.93. The van der Waals surface area contributed by atoms with Crippen molar-refractivity contribution in [3.63, 3.8) is 0 Å². The summed E-state index contributed by atoms with van der Waals surface area (Å²) in [5.41, 5.74) is 7.61. The Hall–Kier alpha value is -2.03. The van der Waals surface area contributed by atoms with Crippen LogP contribution in [-0.4, -0.2) is 0 Å². The lowest BCUT2D eigenvalue weighted by molar-refractivity contribution is 0.624. The zero-order valence-electron chi connectivity index (χ0n) is 10.4. The number of rotatable bonds is 4. The Morgan fingerprint density at radius 2 is 1.89 bits per heavy atom. The van der Waals surface area contributed by atoms with E-state index < -0.39 is 0 Å². The minimum atomic E-state index is -0.315. The van der Waals surface area contributed by atoms with Crippen LogP contribution < -0.4 is 11.1 Å². The number of nitrogen functional groups attached to an aromatic ring is 1. The van der Waals surface area contributed by atoms with Crippen molar-refractivity contribution in [1.29, 1.82) is 0 Å². The maximum atomic E-state index is 13.7. The van der Waals surface area contributed by atoms with Gasteiger partial charge in [-0.1, -0.05) is 37.3 Å². The minimum absolute atomic E-state index is 0.101. The van der Waals surface area contributed by atoms with Gasteiger partial charge in [0.25, 0.3) is 0 Å². The molecule has 0 aliphatic rings. The van der Waals surface area contributed by atoms with E-state index in [0.717, 1.165) is 12.0 Å². The number of benzene rings is 2. The van der Waals surface area contributed by atoms with E-state index in [4.69, 9.17) is 5.73 Å². The van der Waals surface area contributed by atoms with Crippen LogP contribution in [0.3, 0.4) is 0 Å². The lowest BCUT2D eigenvalue weighted by Crippen LogP contribution is -2.10. The fraction of sp³-hybridized carbons (Fsp3) is 0.200. The summed E-state index contributed by atoms with van der Waals surface area (Å²) < 4.78 is 13.7. The van der Waals surface area contributed by atoms with Crippen molar-refractivity contribution in [2.45, 2.75) is 19.4 Å². The molecule has 0 aliphatic carbocycles. The van der Waals surface area contributed by atoms with Crippen molar-refractivity contribution in [2.75, 3.05) is 11.1 Å². The molecule has 0 heterocycles. The van der Waals surface area contributed by atoms with E-state index in [-0.39, 0.29) is 11.9 Å². The number of anilines is 2. The van der Waals surface area contributed by atoms with Crippen LogP contribution in [0.15, 0.2) is 48.5 Å². The molecule has 3 heteroatoms. The molecule has 0 aromatic heterocycles. The third kappa shape index (κ3) is 2.80. The third-order valence-electron chi connectivity index (χ3n) is 2.93. The first-order chi connectivity index (χ1) is 8.70. The molecule has 0 aliphatic heterocycles. The Kier molecular flexibility index (Phi) is 3.82. The van der Waals surface area contributed by atoms with E-state index in [1.807, 2.05) is 30.3 Å². The van der Waals surface area contributed by atoms with Crippen molar-refractivity contribution >= 4 is 11.4 Å². The molecule has 1 atom stereocenters. The fourth-order valence-corrected chi connectivity index (χ4v) is 1.94. The van der Waals surface area contributed by atoms with Crippen LogP contribution >= 0.6 is 0 Å². The molecule has 1 unspecified atom stereocenters. The smallest absolute Gasteiger partial charge is 0.148 e. The molecule has 0 radical (unpaired) electrons. The number of hydrogen-bond donors (Lipinski definition) is 2. The van der Waals surface area contributed by atoms with E-state index >= 15 is 0 Å². The molecule has 0 saturated carbocycles. The summed E-state index contributed by atoms with van der Waals surface area (Å²) in [6.07, 6.45) is 0.883. The van der Waals surface area contributed by atoms with E-state index in [1.165, 1.54) is 6.07 Å². The van der Waals surface area contributed by atoms with E-state index in [9.17, 15) is 4.39 Å². The molecule has 3 N–H and O–H groups in total. The van der Waals surface area contributed by atoms with Gasteiger partial charge in [0.15, 0.2) is 0 Å². The monoisotopic (exact) mass is 244 g/mol. The van der Waals surface area contributed by atoms with Crippen LogP contribution in [0.1, 0.15) is 24.9 Å². The standard InChI is InChI=1S/C15H17FN2/c1-2-14(11-6-4-3-5-7-11)18-15-9-8-12(17)10-13(15)16/h3-10,14,18H,2,17H2,1H3. The molecular weight excluding hydrogens is 227 g/mol. The normalized spacial score (nSPS) is 12.1. The molecule has 0 spiro atoms. The molecule has 0 amide bonds. The summed E-state index contributed by atoms with van der Waals surface area (Å²) in [7, 11) is 0. The number of nitrogens with one attached hydrogen (secondary N) is 1. The van der Waals surface area contributed by atoms with Gasteiger partial charge in [-0.25, -0.2) is 4.39 Å². The van der Waals surface area contributed by atoms with Crippen molar-refractivity contribution < 1.29 is 4.39 Å². The first-order valence-electron chi connectivity index (χ1n) is 6.07. The Bertz CT molecular complexity index is 511. The Morgan fingerprint density at radius 1 is 1.17 bits per heavy atom. The van der Waals surface area contributed by atoms with E-state index in [2.05, 4.69) is 12.2 Å². The van der Waals surface area contributed by atoms with E-state index in [0.29, 0.717) is 11.4 Å². The van der Waals surface area contributed by atoms with Crippen LogP contribution in [0.5, 0.6) is 0 Å². The second kappa shape index (κ2) is 5.54. The average molecular weight is 244 g/mol. The lowest BCUT2D eigenvalue weighted by Gasteiger charge is -2.19. The van der Waals surface area contributed by atoms with Gasteiger partial charge in [-0.15, -0.1) is 0 Å². The summed E-state index contributed by atoms with van der Waals surface area (Å²) >= 11 is 0. The fourth-order valence-electron chi connectivity index (χ4n) is 1.94. The first-order valence-corrected chi connectivity index (χ1v) is 6.07. The first kappa shape index (κ1) is 12.4. The topological polar surface area (TPSA) is 38.0 Å². The molecular formula is C15H17FN2. The maximum absolute atomic E-state index is 13.7. The number of nitrogens with two attached hydrogens (primary N) is 1. The summed E-state index contributed by atoms with van der Waals surface area (Å²) in [6, 6.07) is 14.8. The van der Waals surface area contributed by atoms with Gasteiger partial charge in [0, 0.05) is 5.69 Å². The summed E-state index contributed by atoms with van der Waals surface area (Å²) in [4.78, 5) is 0. The molecule has 2 aromatic rings. The zero-order chi connectivity index (χ0) is 13.0. The average Bonchev–Trinajstić information content (AvgIpc) is 2.39. The van der Waals surface area contributed by atoms with Gasteiger partial charge in [-0.05, 0) is 30.2 Å². The van der Waals surface area contributed by atoms with Crippen LogP contribution in [0.2, 0.25) is 0 Å². The van der Waals surface area contributed by atoms with Gasteiger partial charge < -0.3 is 11.1 Å². The van der Waals surface area contributed by atoms with Gasteiger partial charge in [-0.2, -0.15) is 0 Å². The molecule has 0 saturated heterocycles. The molecule has 2 rings (SSSR count). The predicted octanol–water partition coefficient (Wildman–Crippen LogP) is 3.97. The van der Waals surface area contributed by atoms with Crippen LogP contribution in [-0.2, 0) is 0 Å². The second-order valence-electron chi connectivity index (χ2n) is 4.26. The van der Waals surface area contributed by atoms with E-state index in [1.54, 1.807) is 12.1 Å². The number of hydrogen-bond acceptors (Lipinski definition) is 2. The number of halogens is 1. The maximum Gasteiger partial charge on any atom is 0.148 e. The van der Waals surface area contributed by atoms with Crippen molar-refractivity contribution in [3.8, 4) is 0 Å². The largest absolute Gasteiger partial charge is 0.399 e. The SMILES string of the molecule is CCC(Nc1ccc(N)cc1F)c1ccccc1. The molecule has 0 bridgehead atoms. The van der Waals surface area contributed by atoms with Gasteiger partial charge in [0.1, 0.15) is 5.82 Å². The van der Waals surface area contributed by atoms with Crippen molar-refractivity contribution in [1.82, 2.24) is 0 Å². The highest BCUT2D eigenvalue weighted by atomic mass is 19.1. The van der Waals surface area contributed by atoms with Crippen molar-refractivity contribution in [3.05, 3.63) is 59.9 Å². The highest BCUT2D eigenvalue weighted by Crippen LogP contribution is 2.25. The summed E-state index contributed by atoms with van der Waals surface area (Å²) in [5.74, 6) is -0.315. The van der Waals surface area contributed by atoms with Crippen LogP contribution in [0.4, 0.5) is 15.8 Å². The van der Waals surface area contributed by atoms with Gasteiger partial charge >= 0.3 is 0 Å². The van der Waals surface area contributed by atoms with Crippen molar-refractivity contribution in [2.24, 2.45) is 0 Å². The van der Waals surface area contributed by atoms with Crippen LogP contribution in [0.25, 0.3) is 0 Å². The highest BCUT2D eigenvalue weighted by Gasteiger charge is 2.11. The Balaban J connectivity index is 2.21. The summed E-state index contributed by atoms with van der Waals surface area (Å²) in [6.45, 7) is 2.07. The quantitative estimate of drug-likeness (QED) is 0.798. The zero-order valence-corrected chi connectivity index (χ0v) is 10.4. The van der Waals surface area contributed by atoms with Gasteiger partial charge in [0.2, 0.25) is 0 Å². The Labute approximate surface area is 107 Å². The molecule has 18 heavy (non-hydrogen) atoms. The second-order valence-corrected chi connectivity index (χ2v) is 4.26. The van der Waals surface area contributed by atoms with Gasteiger partial charge in [0.05, 0.1) is 11.7 Å². The predicted molar refractivity (Wildman–Crippen MR) is 73.9 cm³/mol. The van der Waals surface area contributed by atoms with Gasteiger partial charge in [-0.3, -0.25) is 0 Å². The Morgan fingerprint density at radius 3 is 2.50 bits per heavy atom. The van der Waals surface area contributed by atoms with Crippen LogP contribution in [0, 0.1) is 5.82 Å². The molecule has 94 valence electrons. The highest BCUT2D eigenvalue weighted by molar-refractivity contribution is 5.53. The molecule has 2 aromatic carbocycles. The minimum Gasteiger partial charge on any atom is -0.399 e. The lowest BCUT2D eigenvalue weighted by atomic mass is 10.0.